The molecule has 0 aliphatic rings. The van der Waals surface area contributed by atoms with Gasteiger partial charge in [0.05, 0.1) is 0 Å². The third kappa shape index (κ3) is 6.17. The average Bonchev–Trinajstić information content (AvgIpc) is 2.54. The normalized spacial score (nSPS) is 10.3. The van der Waals surface area contributed by atoms with E-state index in [1.165, 1.54) is 5.56 Å². The number of amides is 1. The maximum absolute atomic E-state index is 11.7. The highest BCUT2D eigenvalue weighted by Crippen LogP contribution is 2.02. The lowest BCUT2D eigenvalue weighted by Crippen LogP contribution is -2.24. The summed E-state index contributed by atoms with van der Waals surface area (Å²) in [6.45, 7) is 0.720. The zero-order valence-corrected chi connectivity index (χ0v) is 12.2. The summed E-state index contributed by atoms with van der Waals surface area (Å²) in [7, 11) is 0. The van der Waals surface area contributed by atoms with Gasteiger partial charge in [-0.25, -0.2) is 0 Å². The van der Waals surface area contributed by atoms with E-state index in [2.05, 4.69) is 21.4 Å². The van der Waals surface area contributed by atoms with Crippen molar-refractivity contribution in [3.63, 3.8) is 0 Å². The molecule has 0 aliphatic heterocycles. The lowest BCUT2D eigenvalue weighted by Gasteiger charge is -2.05. The minimum Gasteiger partial charge on any atom is -0.356 e. The fraction of sp³-hybridized carbons (Fsp3) is 0.353. The molecular weight excluding hydrogens is 262 g/mol. The van der Waals surface area contributed by atoms with Gasteiger partial charge in [-0.05, 0) is 49.4 Å². The summed E-state index contributed by atoms with van der Waals surface area (Å²) in [6.07, 6.45) is 9.56. The molecule has 0 fully saturated rings. The minimum atomic E-state index is 0.122. The van der Waals surface area contributed by atoms with Crippen molar-refractivity contribution in [3.05, 3.63) is 60.2 Å². The second kappa shape index (κ2) is 8.84. The lowest BCUT2D eigenvalue weighted by atomic mass is 10.1. The fourth-order valence-corrected chi connectivity index (χ4v) is 2.13. The quantitative estimate of drug-likeness (QED) is 0.757. The molecule has 1 amide bonds. The van der Waals surface area contributed by atoms with Crippen molar-refractivity contribution in [2.45, 2.75) is 32.1 Å². The molecule has 0 atom stereocenters. The van der Waals surface area contributed by atoms with Crippen LogP contribution in [0.2, 0.25) is 0 Å². The molecule has 2 rings (SSSR count). The largest absolute Gasteiger partial charge is 0.356 e. The first-order valence-corrected chi connectivity index (χ1v) is 7.40. The van der Waals surface area contributed by atoms with E-state index in [4.69, 9.17) is 0 Å². The molecule has 0 spiro atoms. The predicted octanol–water partition coefficient (Wildman–Crippen LogP) is 2.55. The average molecular weight is 283 g/mol. The summed E-state index contributed by atoms with van der Waals surface area (Å²) < 4.78 is 0. The van der Waals surface area contributed by atoms with Crippen LogP contribution in [0.1, 0.15) is 30.5 Å². The van der Waals surface area contributed by atoms with E-state index < -0.39 is 0 Å². The first-order chi connectivity index (χ1) is 10.3. The van der Waals surface area contributed by atoms with Crippen LogP contribution in [0.15, 0.2) is 48.9 Å². The van der Waals surface area contributed by atoms with Gasteiger partial charge in [0.2, 0.25) is 5.91 Å². The highest BCUT2D eigenvalue weighted by atomic mass is 16.1. The van der Waals surface area contributed by atoms with Crippen molar-refractivity contribution in [1.29, 1.82) is 0 Å². The molecule has 1 N–H and O–H groups in total. The van der Waals surface area contributed by atoms with Crippen LogP contribution in [-0.2, 0) is 17.6 Å². The van der Waals surface area contributed by atoms with Crippen LogP contribution in [0.5, 0.6) is 0 Å². The van der Waals surface area contributed by atoms with Gasteiger partial charge in [-0.3, -0.25) is 14.8 Å². The van der Waals surface area contributed by atoms with Gasteiger partial charge in [0.15, 0.2) is 0 Å². The number of hydrogen-bond donors (Lipinski definition) is 1. The monoisotopic (exact) mass is 283 g/mol. The van der Waals surface area contributed by atoms with Crippen molar-refractivity contribution >= 4 is 5.91 Å². The van der Waals surface area contributed by atoms with Crippen LogP contribution in [0.25, 0.3) is 0 Å². The Hall–Kier alpha value is -2.23. The zero-order chi connectivity index (χ0) is 14.8. The molecule has 2 heterocycles. The Morgan fingerprint density at radius 1 is 1.05 bits per heavy atom. The van der Waals surface area contributed by atoms with Crippen LogP contribution in [0.3, 0.4) is 0 Å². The molecular formula is C17H21N3O. The zero-order valence-electron chi connectivity index (χ0n) is 12.2. The van der Waals surface area contributed by atoms with Crippen LogP contribution < -0.4 is 5.32 Å². The Morgan fingerprint density at radius 2 is 2.00 bits per heavy atom. The number of hydrogen-bond acceptors (Lipinski definition) is 3. The number of nitrogens with zero attached hydrogens (tertiary/aromatic N) is 2. The standard InChI is InChI=1S/C17H21N3O/c21-17(10-3-9-16-8-1-2-12-19-16)20-13-5-7-15-6-4-11-18-14-15/h1-2,4,6,8,11-12,14H,3,5,7,9-10,13H2,(H,20,21). The highest BCUT2D eigenvalue weighted by Gasteiger charge is 2.01. The third-order valence-electron chi connectivity index (χ3n) is 3.25. The van der Waals surface area contributed by atoms with Gasteiger partial charge in [-0.1, -0.05) is 12.1 Å². The molecule has 21 heavy (non-hydrogen) atoms. The van der Waals surface area contributed by atoms with Crippen LogP contribution in [0, 0.1) is 0 Å². The molecule has 0 saturated carbocycles. The van der Waals surface area contributed by atoms with E-state index in [-0.39, 0.29) is 5.91 Å². The molecule has 0 saturated heterocycles. The van der Waals surface area contributed by atoms with Gasteiger partial charge in [0.25, 0.3) is 0 Å². The van der Waals surface area contributed by atoms with Crippen molar-refractivity contribution in [2.24, 2.45) is 0 Å². The first-order valence-electron chi connectivity index (χ1n) is 7.40. The molecule has 110 valence electrons. The fourth-order valence-electron chi connectivity index (χ4n) is 2.13. The second-order valence-corrected chi connectivity index (χ2v) is 4.99. The molecule has 0 bridgehead atoms. The number of rotatable bonds is 8. The molecule has 0 aliphatic carbocycles. The Balaban J connectivity index is 1.54. The summed E-state index contributed by atoms with van der Waals surface area (Å²) in [6, 6.07) is 9.86. The number of aromatic nitrogens is 2. The number of carbonyl (C=O) groups excluding carboxylic acids is 1. The number of pyridine rings is 2. The van der Waals surface area contributed by atoms with E-state index >= 15 is 0 Å². The van der Waals surface area contributed by atoms with Gasteiger partial charge in [0.1, 0.15) is 0 Å². The molecule has 0 radical (unpaired) electrons. The van der Waals surface area contributed by atoms with E-state index in [0.717, 1.165) is 37.9 Å². The number of nitrogens with one attached hydrogen (secondary N) is 1. The van der Waals surface area contributed by atoms with Crippen LogP contribution in [0.4, 0.5) is 0 Å². The van der Waals surface area contributed by atoms with E-state index in [0.29, 0.717) is 6.42 Å². The minimum absolute atomic E-state index is 0.122. The Morgan fingerprint density at radius 3 is 2.76 bits per heavy atom. The Labute approximate surface area is 125 Å². The maximum Gasteiger partial charge on any atom is 0.220 e. The first kappa shape index (κ1) is 15.2. The molecule has 4 heteroatoms. The van der Waals surface area contributed by atoms with Gasteiger partial charge in [-0.15, -0.1) is 0 Å². The number of carbonyl (C=O) groups is 1. The van der Waals surface area contributed by atoms with E-state index in [9.17, 15) is 4.79 Å². The van der Waals surface area contributed by atoms with Gasteiger partial charge < -0.3 is 5.32 Å². The highest BCUT2D eigenvalue weighted by molar-refractivity contribution is 5.75. The van der Waals surface area contributed by atoms with E-state index in [1.54, 1.807) is 12.4 Å². The molecule has 2 aromatic heterocycles. The second-order valence-electron chi connectivity index (χ2n) is 4.99. The maximum atomic E-state index is 11.7. The molecule has 4 nitrogen and oxygen atoms in total. The van der Waals surface area contributed by atoms with Crippen LogP contribution in [-0.4, -0.2) is 22.4 Å². The molecule has 2 aromatic rings. The SMILES string of the molecule is O=C(CCCc1ccccn1)NCCCc1cccnc1. The lowest BCUT2D eigenvalue weighted by molar-refractivity contribution is -0.121. The number of aryl methyl sites for hydroxylation is 2. The topological polar surface area (TPSA) is 54.9 Å². The van der Waals surface area contributed by atoms with Gasteiger partial charge >= 0.3 is 0 Å². The summed E-state index contributed by atoms with van der Waals surface area (Å²) in [4.78, 5) is 20.0. The van der Waals surface area contributed by atoms with Crippen molar-refractivity contribution < 1.29 is 4.79 Å². The predicted molar refractivity (Wildman–Crippen MR) is 82.7 cm³/mol. The summed E-state index contributed by atoms with van der Waals surface area (Å²) in [5.74, 6) is 0.122. The van der Waals surface area contributed by atoms with Crippen molar-refractivity contribution in [1.82, 2.24) is 15.3 Å². The molecule has 0 unspecified atom stereocenters. The van der Waals surface area contributed by atoms with Crippen molar-refractivity contribution in [2.75, 3.05) is 6.54 Å². The van der Waals surface area contributed by atoms with Crippen LogP contribution >= 0.6 is 0 Å². The van der Waals surface area contributed by atoms with Crippen molar-refractivity contribution in [3.8, 4) is 0 Å². The molecule has 0 aromatic carbocycles. The summed E-state index contributed by atoms with van der Waals surface area (Å²) in [5.41, 5.74) is 2.25. The Kier molecular flexibility index (Phi) is 6.39. The summed E-state index contributed by atoms with van der Waals surface area (Å²) in [5, 5.41) is 2.96. The summed E-state index contributed by atoms with van der Waals surface area (Å²) >= 11 is 0. The third-order valence-corrected chi connectivity index (χ3v) is 3.25. The van der Waals surface area contributed by atoms with Gasteiger partial charge in [-0.2, -0.15) is 0 Å². The van der Waals surface area contributed by atoms with Gasteiger partial charge in [0, 0.05) is 37.3 Å². The van der Waals surface area contributed by atoms with E-state index in [1.807, 2.05) is 30.5 Å². The smallest absolute Gasteiger partial charge is 0.220 e. The Bertz CT molecular complexity index is 528.